The normalized spacial score (nSPS) is 27.7. The standard InChI is InChI=1S/C17H32N4O2S2.HI/c1-2-18-17(20-13-15-5-3-4-6-16(15)14-20)19-7-12-25(22,23)21-8-10-24-11-9-21;/h15-16H,2-14H2,1H3,(H,18,19);1H. The van der Waals surface area contributed by atoms with Crippen LogP contribution >= 0.6 is 35.7 Å². The van der Waals surface area contributed by atoms with Crippen molar-refractivity contribution in [3.63, 3.8) is 0 Å². The predicted molar refractivity (Wildman–Crippen MR) is 121 cm³/mol. The Balaban J connectivity index is 0.00000243. The van der Waals surface area contributed by atoms with E-state index in [2.05, 4.69) is 22.1 Å². The van der Waals surface area contributed by atoms with E-state index in [-0.39, 0.29) is 29.7 Å². The molecule has 1 saturated carbocycles. The van der Waals surface area contributed by atoms with Gasteiger partial charge < -0.3 is 10.2 Å². The molecule has 6 nitrogen and oxygen atoms in total. The summed E-state index contributed by atoms with van der Waals surface area (Å²) in [7, 11) is -3.17. The molecule has 3 fully saturated rings. The lowest BCUT2D eigenvalue weighted by Crippen LogP contribution is -2.42. The van der Waals surface area contributed by atoms with Crippen LogP contribution < -0.4 is 5.32 Å². The summed E-state index contributed by atoms with van der Waals surface area (Å²) in [6.07, 6.45) is 5.38. The van der Waals surface area contributed by atoms with Gasteiger partial charge in [-0.1, -0.05) is 12.8 Å². The van der Waals surface area contributed by atoms with Crippen LogP contribution in [-0.4, -0.2) is 80.1 Å². The molecule has 9 heteroatoms. The largest absolute Gasteiger partial charge is 0.357 e. The van der Waals surface area contributed by atoms with Crippen molar-refractivity contribution >= 4 is 51.7 Å². The van der Waals surface area contributed by atoms with Gasteiger partial charge >= 0.3 is 0 Å². The topological polar surface area (TPSA) is 65.0 Å². The zero-order valence-electron chi connectivity index (χ0n) is 15.7. The molecule has 1 N–H and O–H groups in total. The number of sulfonamides is 1. The second-order valence-electron chi connectivity index (χ2n) is 7.27. The molecule has 0 spiro atoms. The molecule has 3 aliphatic rings. The van der Waals surface area contributed by atoms with Crippen molar-refractivity contribution in [3.05, 3.63) is 0 Å². The second-order valence-corrected chi connectivity index (χ2v) is 10.6. The second kappa shape index (κ2) is 10.7. The van der Waals surface area contributed by atoms with E-state index in [0.717, 1.165) is 48.9 Å². The summed E-state index contributed by atoms with van der Waals surface area (Å²) >= 11 is 1.83. The predicted octanol–water partition coefficient (Wildman–Crippen LogP) is 2.07. The van der Waals surface area contributed by atoms with E-state index >= 15 is 0 Å². The summed E-state index contributed by atoms with van der Waals surface area (Å²) in [5.41, 5.74) is 0. The molecular formula is C17H33IN4O2S2. The average molecular weight is 517 g/mol. The minimum atomic E-state index is -3.17. The fourth-order valence-electron chi connectivity index (χ4n) is 4.23. The Labute approximate surface area is 180 Å². The number of hydrogen-bond acceptors (Lipinski definition) is 4. The van der Waals surface area contributed by atoms with Gasteiger partial charge in [-0.05, 0) is 31.6 Å². The first-order valence-electron chi connectivity index (χ1n) is 9.69. The number of nitrogens with zero attached hydrogens (tertiary/aromatic N) is 3. The van der Waals surface area contributed by atoms with Crippen LogP contribution in [-0.2, 0) is 10.0 Å². The molecule has 0 radical (unpaired) electrons. The maximum atomic E-state index is 12.5. The molecule has 3 rings (SSSR count). The first-order chi connectivity index (χ1) is 12.1. The van der Waals surface area contributed by atoms with E-state index in [1.54, 1.807) is 4.31 Å². The van der Waals surface area contributed by atoms with E-state index in [1.807, 2.05) is 11.8 Å². The van der Waals surface area contributed by atoms with Gasteiger partial charge in [0, 0.05) is 44.2 Å². The summed E-state index contributed by atoms with van der Waals surface area (Å²) in [6.45, 7) is 6.68. The summed E-state index contributed by atoms with van der Waals surface area (Å²) in [4.78, 5) is 7.01. The molecule has 2 saturated heterocycles. The van der Waals surface area contributed by atoms with E-state index < -0.39 is 10.0 Å². The molecular weight excluding hydrogens is 483 g/mol. The highest BCUT2D eigenvalue weighted by Crippen LogP contribution is 2.35. The Bertz CT molecular complexity index is 553. The average Bonchev–Trinajstić information content (AvgIpc) is 3.06. The van der Waals surface area contributed by atoms with Gasteiger partial charge in [-0.2, -0.15) is 11.8 Å². The van der Waals surface area contributed by atoms with Gasteiger partial charge in [0.25, 0.3) is 0 Å². The van der Waals surface area contributed by atoms with Gasteiger partial charge in [-0.25, -0.2) is 12.7 Å². The molecule has 0 aromatic rings. The third kappa shape index (κ3) is 5.88. The van der Waals surface area contributed by atoms with Crippen molar-refractivity contribution in [1.82, 2.24) is 14.5 Å². The fraction of sp³-hybridized carbons (Fsp3) is 0.941. The molecule has 2 aliphatic heterocycles. The molecule has 1 aliphatic carbocycles. The summed E-state index contributed by atoms with van der Waals surface area (Å²) in [5, 5.41) is 3.36. The van der Waals surface area contributed by atoms with Crippen molar-refractivity contribution in [2.24, 2.45) is 16.8 Å². The zero-order chi connectivity index (χ0) is 17.7. The van der Waals surface area contributed by atoms with Crippen LogP contribution in [0.25, 0.3) is 0 Å². The third-order valence-electron chi connectivity index (χ3n) is 5.58. The molecule has 0 amide bonds. The highest BCUT2D eigenvalue weighted by Gasteiger charge is 2.35. The summed E-state index contributed by atoms with van der Waals surface area (Å²) < 4.78 is 26.6. The van der Waals surface area contributed by atoms with Gasteiger partial charge in [0.15, 0.2) is 5.96 Å². The maximum Gasteiger partial charge on any atom is 0.215 e. The van der Waals surface area contributed by atoms with Crippen LogP contribution in [0.3, 0.4) is 0 Å². The Morgan fingerprint density at radius 2 is 1.77 bits per heavy atom. The number of thioether (sulfide) groups is 1. The lowest BCUT2D eigenvalue weighted by Gasteiger charge is -2.25. The Kier molecular flexibility index (Phi) is 9.29. The van der Waals surface area contributed by atoms with Crippen LogP contribution in [0.4, 0.5) is 0 Å². The highest BCUT2D eigenvalue weighted by atomic mass is 127. The van der Waals surface area contributed by atoms with Gasteiger partial charge in [0.1, 0.15) is 0 Å². The maximum absolute atomic E-state index is 12.5. The van der Waals surface area contributed by atoms with Crippen molar-refractivity contribution in [2.75, 3.05) is 56.5 Å². The Morgan fingerprint density at radius 3 is 2.35 bits per heavy atom. The lowest BCUT2D eigenvalue weighted by atomic mass is 9.82. The lowest BCUT2D eigenvalue weighted by molar-refractivity contribution is 0.299. The Hall–Kier alpha value is 0.260. The first-order valence-corrected chi connectivity index (χ1v) is 12.5. The van der Waals surface area contributed by atoms with E-state index in [0.29, 0.717) is 19.6 Å². The molecule has 2 heterocycles. The van der Waals surface area contributed by atoms with Gasteiger partial charge in [0.2, 0.25) is 10.0 Å². The fourth-order valence-corrected chi connectivity index (χ4v) is 6.68. The van der Waals surface area contributed by atoms with Crippen molar-refractivity contribution in [3.8, 4) is 0 Å². The molecule has 152 valence electrons. The number of hydrogen-bond donors (Lipinski definition) is 1. The third-order valence-corrected chi connectivity index (χ3v) is 8.38. The number of likely N-dealkylation sites (tertiary alicyclic amines) is 1. The monoisotopic (exact) mass is 516 g/mol. The first kappa shape index (κ1) is 22.5. The van der Waals surface area contributed by atoms with Crippen molar-refractivity contribution in [1.29, 1.82) is 0 Å². The van der Waals surface area contributed by atoms with Crippen LogP contribution in [0.15, 0.2) is 4.99 Å². The van der Waals surface area contributed by atoms with Crippen LogP contribution in [0.2, 0.25) is 0 Å². The number of aliphatic imine (C=N–C) groups is 1. The quantitative estimate of drug-likeness (QED) is 0.345. The van der Waals surface area contributed by atoms with Crippen LogP contribution in [0.1, 0.15) is 32.6 Å². The molecule has 0 aromatic heterocycles. The smallest absolute Gasteiger partial charge is 0.215 e. The van der Waals surface area contributed by atoms with Crippen LogP contribution in [0, 0.1) is 11.8 Å². The molecule has 0 bridgehead atoms. The highest BCUT2D eigenvalue weighted by molar-refractivity contribution is 14.0. The van der Waals surface area contributed by atoms with E-state index in [1.165, 1.54) is 25.7 Å². The molecule has 2 unspecified atom stereocenters. The Morgan fingerprint density at radius 1 is 1.15 bits per heavy atom. The van der Waals surface area contributed by atoms with Crippen molar-refractivity contribution in [2.45, 2.75) is 32.6 Å². The van der Waals surface area contributed by atoms with Crippen molar-refractivity contribution < 1.29 is 8.42 Å². The summed E-state index contributed by atoms with van der Waals surface area (Å²) in [6, 6.07) is 0. The van der Waals surface area contributed by atoms with E-state index in [9.17, 15) is 8.42 Å². The van der Waals surface area contributed by atoms with Gasteiger partial charge in [0.05, 0.1) is 12.3 Å². The number of fused-ring (bicyclic) bond motifs is 1. The minimum Gasteiger partial charge on any atom is -0.357 e. The molecule has 0 aromatic carbocycles. The van der Waals surface area contributed by atoms with E-state index in [4.69, 9.17) is 0 Å². The number of halogens is 1. The number of rotatable bonds is 5. The van der Waals surface area contributed by atoms with Gasteiger partial charge in [-0.15, -0.1) is 24.0 Å². The van der Waals surface area contributed by atoms with Gasteiger partial charge in [-0.3, -0.25) is 4.99 Å². The number of guanidine groups is 1. The zero-order valence-corrected chi connectivity index (χ0v) is 19.7. The van der Waals surface area contributed by atoms with Crippen LogP contribution in [0.5, 0.6) is 0 Å². The molecule has 2 atom stereocenters. The molecule has 26 heavy (non-hydrogen) atoms. The summed E-state index contributed by atoms with van der Waals surface area (Å²) in [5.74, 6) is 4.43. The minimum absolute atomic E-state index is 0. The SMILES string of the molecule is CCNC(=NCCS(=O)(=O)N1CCSCC1)N1CC2CCCCC2C1.I. The number of nitrogens with one attached hydrogen (secondary N) is 1.